The molecule has 7 heteroatoms. The number of ether oxygens (including phenoxy) is 2. The number of hydrogen-bond acceptors (Lipinski definition) is 5. The molecule has 164 valence electrons. The van der Waals surface area contributed by atoms with Gasteiger partial charge in [0.05, 0.1) is 25.2 Å². The van der Waals surface area contributed by atoms with Crippen molar-refractivity contribution >= 4 is 29.6 Å². The Labute approximate surface area is 191 Å². The third kappa shape index (κ3) is 3.58. The van der Waals surface area contributed by atoms with E-state index in [1.807, 2.05) is 24.3 Å². The first-order valence-electron chi connectivity index (χ1n) is 10.7. The molecular formula is C25H23ClN2O4. The summed E-state index contributed by atoms with van der Waals surface area (Å²) in [6.07, 6.45) is 7.64. The van der Waals surface area contributed by atoms with Crippen molar-refractivity contribution in [3.63, 3.8) is 0 Å². The lowest BCUT2D eigenvalue weighted by Crippen LogP contribution is -2.38. The summed E-state index contributed by atoms with van der Waals surface area (Å²) in [6, 6.07) is 12.8. The van der Waals surface area contributed by atoms with Crippen molar-refractivity contribution in [3.8, 4) is 11.5 Å². The van der Waals surface area contributed by atoms with Gasteiger partial charge < -0.3 is 9.47 Å². The summed E-state index contributed by atoms with van der Waals surface area (Å²) >= 11 is 6.19. The van der Waals surface area contributed by atoms with Crippen LogP contribution >= 0.6 is 11.6 Å². The number of methoxy groups -OCH3 is 1. The fourth-order valence-electron chi connectivity index (χ4n) is 4.95. The largest absolute Gasteiger partial charge is 0.493 e. The molecule has 2 bridgehead atoms. The second-order valence-electron chi connectivity index (χ2n) is 8.36. The number of halogens is 1. The van der Waals surface area contributed by atoms with Gasteiger partial charge >= 0.3 is 0 Å². The topological polar surface area (TPSA) is 68.2 Å². The van der Waals surface area contributed by atoms with Gasteiger partial charge in [0.15, 0.2) is 11.5 Å². The van der Waals surface area contributed by atoms with Crippen molar-refractivity contribution in [1.82, 2.24) is 5.01 Å². The zero-order valence-electron chi connectivity index (χ0n) is 17.6. The summed E-state index contributed by atoms with van der Waals surface area (Å²) in [5, 5.41) is 5.95. The van der Waals surface area contributed by atoms with Crippen LogP contribution in [-0.2, 0) is 16.2 Å². The molecule has 0 N–H and O–H groups in total. The highest BCUT2D eigenvalue weighted by Gasteiger charge is 2.56. The Kier molecular flexibility index (Phi) is 5.47. The predicted octanol–water partition coefficient (Wildman–Crippen LogP) is 4.46. The number of allylic oxidation sites excluding steroid dienone is 2. The summed E-state index contributed by atoms with van der Waals surface area (Å²) in [7, 11) is 1.56. The Morgan fingerprint density at radius 1 is 1.03 bits per heavy atom. The lowest BCUT2D eigenvalue weighted by molar-refractivity contribution is -0.140. The first kappa shape index (κ1) is 20.8. The van der Waals surface area contributed by atoms with E-state index in [0.29, 0.717) is 28.7 Å². The van der Waals surface area contributed by atoms with Gasteiger partial charge in [-0.1, -0.05) is 42.0 Å². The normalized spacial score (nSPS) is 26.1. The Hall–Kier alpha value is -3.12. The Morgan fingerprint density at radius 2 is 1.72 bits per heavy atom. The second kappa shape index (κ2) is 8.43. The molecule has 2 fully saturated rings. The van der Waals surface area contributed by atoms with Crippen LogP contribution in [0.2, 0.25) is 5.02 Å². The summed E-state index contributed by atoms with van der Waals surface area (Å²) in [5.41, 5.74) is 1.57. The highest BCUT2D eigenvalue weighted by Crippen LogP contribution is 2.49. The highest BCUT2D eigenvalue weighted by molar-refractivity contribution is 6.31. The third-order valence-corrected chi connectivity index (χ3v) is 6.96. The zero-order valence-corrected chi connectivity index (χ0v) is 18.4. The van der Waals surface area contributed by atoms with Gasteiger partial charge in [-0.05, 0) is 54.5 Å². The molecule has 0 unspecified atom stereocenters. The molecule has 2 aromatic carbocycles. The number of hydrogen-bond donors (Lipinski definition) is 0. The first-order valence-corrected chi connectivity index (χ1v) is 11.1. The minimum absolute atomic E-state index is 0.149. The lowest BCUT2D eigenvalue weighted by Gasteiger charge is -2.37. The molecule has 4 aliphatic rings. The van der Waals surface area contributed by atoms with Gasteiger partial charge in [0, 0.05) is 10.6 Å². The summed E-state index contributed by atoms with van der Waals surface area (Å²) in [4.78, 5) is 25.8. The molecule has 2 amide bonds. The van der Waals surface area contributed by atoms with Crippen LogP contribution < -0.4 is 9.47 Å². The number of hydrazone groups is 1. The van der Waals surface area contributed by atoms with Gasteiger partial charge in [-0.25, -0.2) is 0 Å². The standard InChI is InChI=1S/C25H23ClN2O4/c1-31-21-12-15(6-11-20(21)32-14-18-4-2-3-5-19(18)26)13-27-28-24(29)22-16-7-8-17(10-9-16)23(22)25(28)30/h2-8,11-13,16-17,22-23H,9-10,14H2,1H3/b27-13-/t16-,17-,22-,23-/m0/s1. The molecule has 0 aromatic heterocycles. The van der Waals surface area contributed by atoms with E-state index in [4.69, 9.17) is 21.1 Å². The number of nitrogens with zero attached hydrogens (tertiary/aromatic N) is 2. The molecule has 1 aliphatic heterocycles. The quantitative estimate of drug-likeness (QED) is 0.370. The van der Waals surface area contributed by atoms with E-state index < -0.39 is 0 Å². The molecule has 6 nitrogen and oxygen atoms in total. The second-order valence-corrected chi connectivity index (χ2v) is 8.77. The van der Waals surface area contributed by atoms with Crippen molar-refractivity contribution in [1.29, 1.82) is 0 Å². The molecule has 1 heterocycles. The molecule has 2 aromatic rings. The first-order chi connectivity index (χ1) is 15.6. The van der Waals surface area contributed by atoms with E-state index in [9.17, 15) is 9.59 Å². The monoisotopic (exact) mass is 450 g/mol. The number of benzene rings is 2. The molecule has 0 radical (unpaired) electrons. The number of rotatable bonds is 6. The van der Waals surface area contributed by atoms with Crippen LogP contribution in [0.25, 0.3) is 0 Å². The molecule has 1 saturated heterocycles. The molecule has 6 rings (SSSR count). The van der Waals surface area contributed by atoms with Crippen LogP contribution in [-0.4, -0.2) is 30.1 Å². The van der Waals surface area contributed by atoms with Gasteiger partial charge in [0.1, 0.15) is 6.61 Å². The van der Waals surface area contributed by atoms with E-state index >= 15 is 0 Å². The Bertz CT molecular complexity index is 1100. The van der Waals surface area contributed by atoms with Crippen LogP contribution in [0.5, 0.6) is 11.5 Å². The van der Waals surface area contributed by atoms with Crippen LogP contribution in [0, 0.1) is 23.7 Å². The van der Waals surface area contributed by atoms with Gasteiger partial charge in [0.25, 0.3) is 11.8 Å². The van der Waals surface area contributed by atoms with Crippen molar-refractivity contribution in [2.45, 2.75) is 19.4 Å². The third-order valence-electron chi connectivity index (χ3n) is 6.59. The fraction of sp³-hybridized carbons (Fsp3) is 0.320. The van der Waals surface area contributed by atoms with Crippen molar-refractivity contribution in [2.24, 2.45) is 28.8 Å². The maximum absolute atomic E-state index is 12.9. The van der Waals surface area contributed by atoms with E-state index in [1.165, 1.54) is 6.21 Å². The molecule has 1 saturated carbocycles. The Morgan fingerprint density at radius 3 is 2.34 bits per heavy atom. The van der Waals surface area contributed by atoms with Crippen molar-refractivity contribution < 1.29 is 19.1 Å². The van der Waals surface area contributed by atoms with E-state index in [1.54, 1.807) is 25.3 Å². The zero-order chi connectivity index (χ0) is 22.2. The van der Waals surface area contributed by atoms with E-state index in [-0.39, 0.29) is 35.5 Å². The number of carbonyl (C=O) groups is 2. The number of fused-ring (bicyclic) bond motifs is 1. The number of amides is 2. The minimum Gasteiger partial charge on any atom is -0.493 e. The predicted molar refractivity (Wildman–Crippen MR) is 121 cm³/mol. The smallest absolute Gasteiger partial charge is 0.254 e. The van der Waals surface area contributed by atoms with Crippen LogP contribution in [0.15, 0.2) is 59.7 Å². The molecular weight excluding hydrogens is 428 g/mol. The van der Waals surface area contributed by atoms with Crippen molar-refractivity contribution in [2.75, 3.05) is 7.11 Å². The minimum atomic E-state index is -0.265. The lowest BCUT2D eigenvalue weighted by atomic mass is 9.63. The molecule has 32 heavy (non-hydrogen) atoms. The van der Waals surface area contributed by atoms with E-state index in [2.05, 4.69) is 17.3 Å². The molecule has 3 aliphatic carbocycles. The Balaban J connectivity index is 1.31. The maximum Gasteiger partial charge on any atom is 0.254 e. The average molecular weight is 451 g/mol. The summed E-state index contributed by atoms with van der Waals surface area (Å²) in [6.45, 7) is 0.305. The highest BCUT2D eigenvalue weighted by atomic mass is 35.5. The van der Waals surface area contributed by atoms with Crippen LogP contribution in [0.4, 0.5) is 0 Å². The van der Waals surface area contributed by atoms with Gasteiger partial charge in [0.2, 0.25) is 0 Å². The van der Waals surface area contributed by atoms with E-state index in [0.717, 1.165) is 23.4 Å². The van der Waals surface area contributed by atoms with Crippen LogP contribution in [0.3, 0.4) is 0 Å². The fourth-order valence-corrected chi connectivity index (χ4v) is 5.14. The van der Waals surface area contributed by atoms with Crippen LogP contribution in [0.1, 0.15) is 24.0 Å². The van der Waals surface area contributed by atoms with Crippen molar-refractivity contribution in [3.05, 3.63) is 70.8 Å². The molecule has 4 atom stereocenters. The average Bonchev–Trinajstić information content (AvgIpc) is 3.10. The summed E-state index contributed by atoms with van der Waals surface area (Å²) < 4.78 is 11.3. The number of imide groups is 1. The SMILES string of the molecule is COc1cc(/C=N\N2C(=O)[C@@H]3[C@@H](C2=O)[C@H]2C=C[C@H]3CC2)ccc1OCc1ccccc1Cl. The van der Waals surface area contributed by atoms with Gasteiger partial charge in [-0.15, -0.1) is 0 Å². The molecule has 0 spiro atoms. The maximum atomic E-state index is 12.9. The number of carbonyl (C=O) groups excluding carboxylic acids is 2. The summed E-state index contributed by atoms with van der Waals surface area (Å²) in [5.74, 6) is 0.469. The van der Waals surface area contributed by atoms with Gasteiger partial charge in [-0.3, -0.25) is 9.59 Å². The van der Waals surface area contributed by atoms with Gasteiger partial charge in [-0.2, -0.15) is 10.1 Å².